The average Bonchev–Trinajstić information content (AvgIpc) is 2.20. The number of benzene rings is 1. The van der Waals surface area contributed by atoms with Crippen LogP contribution in [0.5, 0.6) is 0 Å². The minimum Gasteiger partial charge on any atom is -0.318 e. The van der Waals surface area contributed by atoms with Crippen molar-refractivity contribution in [3.05, 3.63) is 24.3 Å². The lowest BCUT2D eigenvalue weighted by atomic mass is 10.3. The van der Waals surface area contributed by atoms with Crippen molar-refractivity contribution in [1.82, 2.24) is 0 Å². The molecule has 1 aromatic carbocycles. The van der Waals surface area contributed by atoms with Crippen LogP contribution < -0.4 is 5.32 Å². The van der Waals surface area contributed by atoms with Gasteiger partial charge in [0.15, 0.2) is 0 Å². The third-order valence-corrected chi connectivity index (χ3v) is 2.57. The normalized spacial score (nSPS) is 11.2. The van der Waals surface area contributed by atoms with Crippen LogP contribution in [0.1, 0.15) is 6.92 Å². The van der Waals surface area contributed by atoms with Crippen LogP contribution in [0.15, 0.2) is 29.2 Å². The van der Waals surface area contributed by atoms with E-state index < -0.39 is 12.1 Å². The summed E-state index contributed by atoms with van der Waals surface area (Å²) in [7, 11) is 0. The number of carbonyl (C=O) groups is 1. The molecule has 0 saturated carbocycles. The average molecular weight is 249 g/mol. The quantitative estimate of drug-likeness (QED) is 0.833. The maximum atomic E-state index is 11.9. The van der Waals surface area contributed by atoms with Gasteiger partial charge in [-0.25, -0.2) is 0 Å². The van der Waals surface area contributed by atoms with E-state index in [4.69, 9.17) is 0 Å². The molecule has 1 aromatic rings. The van der Waals surface area contributed by atoms with E-state index in [1.165, 1.54) is 12.1 Å². The Hall–Kier alpha value is -1.17. The second kappa shape index (κ2) is 5.25. The third-order valence-electron chi connectivity index (χ3n) is 1.68. The molecule has 16 heavy (non-hydrogen) atoms. The molecule has 6 heteroatoms. The first-order chi connectivity index (χ1) is 7.43. The smallest absolute Gasteiger partial charge is 0.318 e. The van der Waals surface area contributed by atoms with Crippen LogP contribution >= 0.6 is 11.8 Å². The van der Waals surface area contributed by atoms with Crippen LogP contribution in [-0.2, 0) is 4.79 Å². The molecule has 0 aliphatic heterocycles. The predicted molar refractivity (Wildman–Crippen MR) is 57.5 cm³/mol. The summed E-state index contributed by atoms with van der Waals surface area (Å²) in [4.78, 5) is 11.6. The van der Waals surface area contributed by atoms with Gasteiger partial charge in [-0.05, 0) is 30.0 Å². The Labute approximate surface area is 95.2 Å². The minimum absolute atomic E-state index is 0.141. The highest BCUT2D eigenvalue weighted by Gasteiger charge is 2.38. The van der Waals surface area contributed by atoms with Crippen molar-refractivity contribution in [2.45, 2.75) is 18.0 Å². The van der Waals surface area contributed by atoms with Crippen LogP contribution in [0.25, 0.3) is 0 Å². The molecular formula is C10H10F3NOS. The Morgan fingerprint density at radius 2 is 1.88 bits per heavy atom. The number of alkyl halides is 3. The van der Waals surface area contributed by atoms with Crippen molar-refractivity contribution in [3.8, 4) is 0 Å². The van der Waals surface area contributed by atoms with E-state index in [0.717, 1.165) is 10.6 Å². The van der Waals surface area contributed by atoms with E-state index in [0.29, 0.717) is 0 Å². The van der Waals surface area contributed by atoms with Crippen LogP contribution in [0, 0.1) is 0 Å². The summed E-state index contributed by atoms with van der Waals surface area (Å²) in [6.45, 7) is 1.98. The molecule has 0 fully saturated rings. The molecular weight excluding hydrogens is 239 g/mol. The zero-order chi connectivity index (χ0) is 12.2. The van der Waals surface area contributed by atoms with Gasteiger partial charge in [0.25, 0.3) is 0 Å². The molecule has 0 aliphatic carbocycles. The number of anilines is 1. The van der Waals surface area contributed by atoms with Gasteiger partial charge in [-0.3, -0.25) is 4.79 Å². The Balaban J connectivity index is 2.65. The number of hydrogen-bond donors (Lipinski definition) is 1. The maximum absolute atomic E-state index is 11.9. The van der Waals surface area contributed by atoms with E-state index in [-0.39, 0.29) is 5.69 Å². The fraction of sp³-hybridized carbons (Fsp3) is 0.300. The SMILES string of the molecule is CCSc1ccc(NC(=O)C(F)(F)F)cc1. The number of rotatable bonds is 3. The van der Waals surface area contributed by atoms with Gasteiger partial charge < -0.3 is 5.32 Å². The molecule has 0 radical (unpaired) electrons. The van der Waals surface area contributed by atoms with Crippen LogP contribution in [0.2, 0.25) is 0 Å². The minimum atomic E-state index is -4.85. The molecule has 0 unspecified atom stereocenters. The topological polar surface area (TPSA) is 29.1 Å². The van der Waals surface area contributed by atoms with Gasteiger partial charge >= 0.3 is 12.1 Å². The van der Waals surface area contributed by atoms with Gasteiger partial charge in [-0.2, -0.15) is 13.2 Å². The summed E-state index contributed by atoms with van der Waals surface area (Å²) in [5.74, 6) is -1.07. The molecule has 0 bridgehead atoms. The summed E-state index contributed by atoms with van der Waals surface area (Å²) in [6, 6.07) is 6.23. The lowest BCUT2D eigenvalue weighted by Gasteiger charge is -2.08. The fourth-order valence-corrected chi connectivity index (χ4v) is 1.66. The highest BCUT2D eigenvalue weighted by molar-refractivity contribution is 7.99. The molecule has 1 amide bonds. The monoisotopic (exact) mass is 249 g/mol. The first-order valence-electron chi connectivity index (χ1n) is 4.54. The van der Waals surface area contributed by atoms with Gasteiger partial charge in [0.2, 0.25) is 0 Å². The molecule has 0 aliphatic rings. The number of amides is 1. The Kier molecular flexibility index (Phi) is 4.23. The molecule has 88 valence electrons. The van der Waals surface area contributed by atoms with Gasteiger partial charge in [-0.1, -0.05) is 6.92 Å². The third kappa shape index (κ3) is 3.77. The van der Waals surface area contributed by atoms with Gasteiger partial charge in [0, 0.05) is 10.6 Å². The second-order valence-corrected chi connectivity index (χ2v) is 4.25. The largest absolute Gasteiger partial charge is 0.471 e. The van der Waals surface area contributed by atoms with Gasteiger partial charge in [0.05, 0.1) is 0 Å². The zero-order valence-electron chi connectivity index (χ0n) is 8.47. The van der Waals surface area contributed by atoms with E-state index in [9.17, 15) is 18.0 Å². The highest BCUT2D eigenvalue weighted by atomic mass is 32.2. The van der Waals surface area contributed by atoms with E-state index in [1.807, 2.05) is 6.92 Å². The molecule has 0 heterocycles. The van der Waals surface area contributed by atoms with Crippen molar-refractivity contribution in [2.24, 2.45) is 0 Å². The number of nitrogens with one attached hydrogen (secondary N) is 1. The lowest BCUT2D eigenvalue weighted by Crippen LogP contribution is -2.29. The molecule has 2 nitrogen and oxygen atoms in total. The number of thioether (sulfide) groups is 1. The van der Waals surface area contributed by atoms with E-state index in [2.05, 4.69) is 0 Å². The number of hydrogen-bond acceptors (Lipinski definition) is 2. The summed E-state index contributed by atoms with van der Waals surface area (Å²) < 4.78 is 35.8. The Bertz CT molecular complexity index is 361. The standard InChI is InChI=1S/C10H10F3NOS/c1-2-16-8-5-3-7(4-6-8)14-9(15)10(11,12)13/h3-6H,2H2,1H3,(H,14,15). The highest BCUT2D eigenvalue weighted by Crippen LogP contribution is 2.22. The molecule has 1 rings (SSSR count). The second-order valence-electron chi connectivity index (χ2n) is 2.91. The van der Waals surface area contributed by atoms with Gasteiger partial charge in [-0.15, -0.1) is 11.8 Å². The van der Waals surface area contributed by atoms with E-state index in [1.54, 1.807) is 29.2 Å². The molecule has 1 N–H and O–H groups in total. The number of carbonyl (C=O) groups excluding carboxylic acids is 1. The fourth-order valence-electron chi connectivity index (χ4n) is 1.00. The lowest BCUT2D eigenvalue weighted by molar-refractivity contribution is -0.167. The predicted octanol–water partition coefficient (Wildman–Crippen LogP) is 3.30. The zero-order valence-corrected chi connectivity index (χ0v) is 9.28. The van der Waals surface area contributed by atoms with Gasteiger partial charge in [0.1, 0.15) is 0 Å². The van der Waals surface area contributed by atoms with Crippen molar-refractivity contribution in [3.63, 3.8) is 0 Å². The summed E-state index contributed by atoms with van der Waals surface area (Å²) in [6.07, 6.45) is -4.85. The van der Waals surface area contributed by atoms with Crippen molar-refractivity contribution in [2.75, 3.05) is 11.1 Å². The first-order valence-corrected chi connectivity index (χ1v) is 5.53. The van der Waals surface area contributed by atoms with Crippen molar-refractivity contribution >= 4 is 23.4 Å². The summed E-state index contributed by atoms with van der Waals surface area (Å²) in [5.41, 5.74) is 0.141. The van der Waals surface area contributed by atoms with Crippen LogP contribution in [-0.4, -0.2) is 17.8 Å². The van der Waals surface area contributed by atoms with Crippen molar-refractivity contribution < 1.29 is 18.0 Å². The molecule has 0 aromatic heterocycles. The molecule has 0 spiro atoms. The van der Waals surface area contributed by atoms with Crippen LogP contribution in [0.3, 0.4) is 0 Å². The van der Waals surface area contributed by atoms with Crippen LogP contribution in [0.4, 0.5) is 18.9 Å². The van der Waals surface area contributed by atoms with E-state index >= 15 is 0 Å². The Morgan fingerprint density at radius 3 is 2.31 bits per heavy atom. The van der Waals surface area contributed by atoms with Crippen molar-refractivity contribution in [1.29, 1.82) is 0 Å². The molecule has 0 saturated heterocycles. The maximum Gasteiger partial charge on any atom is 0.471 e. The number of halogens is 3. The summed E-state index contributed by atoms with van der Waals surface area (Å²) >= 11 is 1.57. The summed E-state index contributed by atoms with van der Waals surface area (Å²) in [5, 5.41) is 1.78. The Morgan fingerprint density at radius 1 is 1.31 bits per heavy atom. The first kappa shape index (κ1) is 12.9. The molecule has 0 atom stereocenters.